The van der Waals surface area contributed by atoms with Crippen molar-refractivity contribution >= 4 is 46.1 Å². The van der Waals surface area contributed by atoms with E-state index in [1.54, 1.807) is 48.2 Å². The lowest BCUT2D eigenvalue weighted by Gasteiger charge is -2.24. The summed E-state index contributed by atoms with van der Waals surface area (Å²) in [6.07, 6.45) is 3.47. The molecule has 1 aliphatic rings. The normalized spacial score (nSPS) is 15.6. The number of halogens is 1. The molecule has 3 heterocycles. The quantitative estimate of drug-likeness (QED) is 0.409. The Balaban J connectivity index is 1.78. The Kier molecular flexibility index (Phi) is 4.60. The Labute approximate surface area is 181 Å². The van der Waals surface area contributed by atoms with Crippen molar-refractivity contribution in [2.75, 3.05) is 11.2 Å². The molecule has 30 heavy (non-hydrogen) atoms. The number of thioether (sulfide) groups is 1. The topological polar surface area (TPSA) is 63.4 Å². The van der Waals surface area contributed by atoms with Crippen molar-refractivity contribution in [3.8, 4) is 0 Å². The number of aromatic nitrogens is 1. The maximum Gasteiger partial charge on any atom is 0.296 e. The van der Waals surface area contributed by atoms with Crippen molar-refractivity contribution in [1.82, 2.24) is 4.98 Å². The number of carbonyl (C=O) groups is 1. The van der Waals surface area contributed by atoms with Gasteiger partial charge in [0.2, 0.25) is 5.76 Å². The number of nitrogens with zero attached hydrogens (tertiary/aromatic N) is 2. The Morgan fingerprint density at radius 2 is 1.80 bits per heavy atom. The van der Waals surface area contributed by atoms with Gasteiger partial charge in [0, 0.05) is 11.1 Å². The lowest BCUT2D eigenvalue weighted by molar-refractivity contribution is 0.0970. The zero-order valence-corrected chi connectivity index (χ0v) is 17.4. The fourth-order valence-corrected chi connectivity index (χ4v) is 4.29. The number of anilines is 1. The largest absolute Gasteiger partial charge is 0.450 e. The second kappa shape index (κ2) is 7.31. The van der Waals surface area contributed by atoms with Crippen molar-refractivity contribution in [2.24, 2.45) is 0 Å². The number of rotatable bonds is 3. The molecule has 1 aliphatic heterocycles. The van der Waals surface area contributed by atoms with Gasteiger partial charge in [-0.25, -0.2) is 4.98 Å². The number of hydrogen-bond donors (Lipinski definition) is 0. The van der Waals surface area contributed by atoms with E-state index in [0.29, 0.717) is 27.4 Å². The first-order valence-electron chi connectivity index (χ1n) is 9.23. The minimum absolute atomic E-state index is 0.0504. The van der Waals surface area contributed by atoms with Gasteiger partial charge in [0.1, 0.15) is 11.4 Å². The van der Waals surface area contributed by atoms with Gasteiger partial charge in [0.15, 0.2) is 5.43 Å². The van der Waals surface area contributed by atoms with Gasteiger partial charge in [-0.2, -0.15) is 0 Å². The number of fused-ring (bicyclic) bond motifs is 2. The number of pyridine rings is 1. The zero-order chi connectivity index (χ0) is 20.8. The van der Waals surface area contributed by atoms with E-state index in [9.17, 15) is 9.59 Å². The van der Waals surface area contributed by atoms with E-state index in [2.05, 4.69) is 4.98 Å². The Bertz CT molecular complexity index is 1330. The van der Waals surface area contributed by atoms with Gasteiger partial charge in [-0.3, -0.25) is 14.5 Å². The number of para-hydroxylation sites is 1. The predicted molar refractivity (Wildman–Crippen MR) is 119 cm³/mol. The van der Waals surface area contributed by atoms with Gasteiger partial charge < -0.3 is 4.42 Å². The Hall–Kier alpha value is -3.09. The summed E-state index contributed by atoms with van der Waals surface area (Å²) in [5.41, 5.74) is 1.30. The molecule has 0 radical (unpaired) electrons. The van der Waals surface area contributed by atoms with Crippen molar-refractivity contribution in [2.45, 2.75) is 10.9 Å². The molecule has 0 unspecified atom stereocenters. The molecule has 5 nitrogen and oxygen atoms in total. The molecule has 1 amide bonds. The molecule has 0 bridgehead atoms. The van der Waals surface area contributed by atoms with E-state index in [1.807, 2.05) is 30.5 Å². The summed E-state index contributed by atoms with van der Waals surface area (Å²) in [5.74, 6) is 0.0502. The molecule has 0 saturated heterocycles. The van der Waals surface area contributed by atoms with Crippen molar-refractivity contribution in [3.05, 3.63) is 99.0 Å². The molecule has 5 rings (SSSR count). The molecule has 1 atom stereocenters. The van der Waals surface area contributed by atoms with Crippen LogP contribution in [0.5, 0.6) is 0 Å². The summed E-state index contributed by atoms with van der Waals surface area (Å²) >= 11 is 7.61. The molecule has 0 saturated carbocycles. The van der Waals surface area contributed by atoms with E-state index in [0.717, 1.165) is 10.5 Å². The minimum Gasteiger partial charge on any atom is -0.450 e. The third-order valence-corrected chi connectivity index (χ3v) is 6.13. The monoisotopic (exact) mass is 434 g/mol. The maximum absolute atomic E-state index is 13.4. The van der Waals surface area contributed by atoms with E-state index >= 15 is 0 Å². The zero-order valence-electron chi connectivity index (χ0n) is 15.8. The molecule has 0 N–H and O–H groups in total. The second-order valence-electron chi connectivity index (χ2n) is 6.86. The van der Waals surface area contributed by atoms with Crippen LogP contribution in [0.4, 0.5) is 5.82 Å². The molecule has 148 valence electrons. The van der Waals surface area contributed by atoms with Crippen LogP contribution in [-0.2, 0) is 0 Å². The van der Waals surface area contributed by atoms with Gasteiger partial charge >= 0.3 is 0 Å². The van der Waals surface area contributed by atoms with Crippen LogP contribution in [0.15, 0.2) is 81.0 Å². The third kappa shape index (κ3) is 2.91. The fourth-order valence-electron chi connectivity index (χ4n) is 3.77. The summed E-state index contributed by atoms with van der Waals surface area (Å²) in [6, 6.07) is 17.4. The van der Waals surface area contributed by atoms with E-state index in [-0.39, 0.29) is 11.2 Å². The maximum atomic E-state index is 13.4. The molecular weight excluding hydrogens is 420 g/mol. The summed E-state index contributed by atoms with van der Waals surface area (Å²) in [6.45, 7) is 0. The van der Waals surface area contributed by atoms with Crippen molar-refractivity contribution < 1.29 is 9.21 Å². The van der Waals surface area contributed by atoms with E-state index in [1.165, 1.54) is 11.1 Å². The Morgan fingerprint density at radius 3 is 2.50 bits per heavy atom. The molecule has 0 spiro atoms. The molecule has 2 aromatic carbocycles. The summed E-state index contributed by atoms with van der Waals surface area (Å²) < 4.78 is 5.92. The van der Waals surface area contributed by atoms with Gasteiger partial charge in [-0.15, -0.1) is 11.8 Å². The number of amides is 1. The van der Waals surface area contributed by atoms with Crippen molar-refractivity contribution in [1.29, 1.82) is 0 Å². The molecule has 7 heteroatoms. The molecular formula is C23H15ClN2O3S. The van der Waals surface area contributed by atoms with Crippen LogP contribution in [0.3, 0.4) is 0 Å². The fraction of sp³-hybridized carbons (Fsp3) is 0.0870. The second-order valence-corrected chi connectivity index (χ2v) is 8.17. The van der Waals surface area contributed by atoms with Crippen LogP contribution in [0.25, 0.3) is 11.0 Å². The van der Waals surface area contributed by atoms with Gasteiger partial charge in [0.05, 0.1) is 22.0 Å². The molecule has 4 aromatic rings. The van der Waals surface area contributed by atoms with Crippen LogP contribution >= 0.6 is 23.4 Å². The number of carbonyl (C=O) groups excluding carboxylic acids is 1. The average Bonchev–Trinajstić information content (AvgIpc) is 3.07. The van der Waals surface area contributed by atoms with E-state index in [4.69, 9.17) is 16.0 Å². The molecule has 0 aliphatic carbocycles. The van der Waals surface area contributed by atoms with Gasteiger partial charge in [0.25, 0.3) is 5.91 Å². The van der Waals surface area contributed by atoms with Crippen LogP contribution in [0.1, 0.15) is 27.7 Å². The SMILES string of the molecule is CSc1ccc([C@@H]2c3c(oc4ccccc4c3=O)C(=O)N2c2ccc(Cl)cn2)cc1. The number of hydrogen-bond acceptors (Lipinski definition) is 5. The van der Waals surface area contributed by atoms with Gasteiger partial charge in [-0.05, 0) is 48.2 Å². The molecule has 2 aromatic heterocycles. The van der Waals surface area contributed by atoms with E-state index < -0.39 is 11.9 Å². The highest BCUT2D eigenvalue weighted by Crippen LogP contribution is 2.40. The van der Waals surface area contributed by atoms with Crippen molar-refractivity contribution in [3.63, 3.8) is 0 Å². The standard InChI is InChI=1S/C23H15ClN2O3S/c1-30-15-9-6-13(7-10-15)20-19-21(27)16-4-2-3-5-17(16)29-22(19)23(28)26(20)18-11-8-14(24)12-25-18/h2-12,20H,1H3/t20-/m1/s1. The lowest BCUT2D eigenvalue weighted by atomic mass is 9.98. The number of benzene rings is 2. The van der Waals surface area contributed by atoms with Crippen LogP contribution in [-0.4, -0.2) is 17.1 Å². The minimum atomic E-state index is -0.641. The first-order chi connectivity index (χ1) is 14.6. The summed E-state index contributed by atoms with van der Waals surface area (Å²) in [4.78, 5) is 33.7. The van der Waals surface area contributed by atoms with Crippen LogP contribution in [0.2, 0.25) is 5.02 Å². The van der Waals surface area contributed by atoms with Crippen LogP contribution < -0.4 is 10.3 Å². The van der Waals surface area contributed by atoms with Crippen LogP contribution in [0, 0.1) is 0 Å². The smallest absolute Gasteiger partial charge is 0.296 e. The highest BCUT2D eigenvalue weighted by molar-refractivity contribution is 7.98. The third-order valence-electron chi connectivity index (χ3n) is 5.17. The van der Waals surface area contributed by atoms with Gasteiger partial charge in [-0.1, -0.05) is 35.9 Å². The highest BCUT2D eigenvalue weighted by atomic mass is 35.5. The lowest BCUT2D eigenvalue weighted by Crippen LogP contribution is -2.30. The summed E-state index contributed by atoms with van der Waals surface area (Å²) in [7, 11) is 0. The first-order valence-corrected chi connectivity index (χ1v) is 10.8. The highest BCUT2D eigenvalue weighted by Gasteiger charge is 2.44. The summed E-state index contributed by atoms with van der Waals surface area (Å²) in [5, 5.41) is 0.907. The average molecular weight is 435 g/mol. The molecule has 0 fully saturated rings. The Morgan fingerprint density at radius 1 is 1.03 bits per heavy atom. The predicted octanol–water partition coefficient (Wildman–Crippen LogP) is 5.31. The first kappa shape index (κ1) is 18.9.